The van der Waals surface area contributed by atoms with Crippen molar-refractivity contribution in [3.8, 4) is 0 Å². The summed E-state index contributed by atoms with van der Waals surface area (Å²) in [6.07, 6.45) is 0. The summed E-state index contributed by atoms with van der Waals surface area (Å²) in [7, 11) is 0. The molecule has 0 saturated carbocycles. The molecule has 0 fully saturated rings. The monoisotopic (exact) mass is 145 g/mol. The average Bonchev–Trinajstić information content (AvgIpc) is 1.90. The summed E-state index contributed by atoms with van der Waals surface area (Å²) in [6.45, 7) is 0.608. The van der Waals surface area contributed by atoms with Gasteiger partial charge in [-0.2, -0.15) is 30.3 Å². The third kappa shape index (κ3) is 3.88. The van der Waals surface area contributed by atoms with Crippen LogP contribution in [0.25, 0.3) is 0 Å². The minimum Gasteiger partial charge on any atom is -0.358 e. The number of rotatable bonds is 1. The van der Waals surface area contributed by atoms with Crippen molar-refractivity contribution in [1.29, 1.82) is 0 Å². The van der Waals surface area contributed by atoms with E-state index in [1.807, 2.05) is 24.3 Å². The maximum atomic E-state index is 5.33. The summed E-state index contributed by atoms with van der Waals surface area (Å²) in [5.41, 5.74) is 6.46. The van der Waals surface area contributed by atoms with Gasteiger partial charge in [-0.05, 0) is 6.54 Å². The van der Waals surface area contributed by atoms with Crippen LogP contribution in [0.2, 0.25) is 0 Å². The Hall–Kier alpha value is -0.0538. The molecule has 0 radical (unpaired) electrons. The third-order valence-corrected chi connectivity index (χ3v) is 1.01. The number of hydrogen-bond donors (Lipinski definition) is 1. The Labute approximate surface area is 78.8 Å². The quantitative estimate of drug-likeness (QED) is 0.463. The predicted octanol–water partition coefficient (Wildman–Crippen LogP) is 1.01. The van der Waals surface area contributed by atoms with Gasteiger partial charge in [-0.3, -0.25) is 0 Å². The summed E-state index contributed by atoms with van der Waals surface area (Å²) in [4.78, 5) is 0. The molecule has 0 aliphatic rings. The van der Waals surface area contributed by atoms with Gasteiger partial charge in [-0.1, -0.05) is 0 Å². The van der Waals surface area contributed by atoms with E-state index in [2.05, 4.69) is 6.07 Å². The Kier molecular flexibility index (Phi) is 8.90. The largest absolute Gasteiger partial charge is 2.00 e. The number of nitrogens with two attached hydrogens (primary N) is 1. The first-order valence-corrected chi connectivity index (χ1v) is 2.58. The van der Waals surface area contributed by atoms with Crippen LogP contribution in [0.3, 0.4) is 0 Å². The van der Waals surface area contributed by atoms with Crippen LogP contribution in [0.4, 0.5) is 0 Å². The zero-order valence-corrected chi connectivity index (χ0v) is 7.72. The van der Waals surface area contributed by atoms with Crippen LogP contribution >= 0.6 is 0 Å². The second-order valence-electron chi connectivity index (χ2n) is 1.62. The van der Waals surface area contributed by atoms with E-state index in [1.165, 1.54) is 0 Å². The first kappa shape index (κ1) is 12.6. The molecule has 0 aliphatic heterocycles. The van der Waals surface area contributed by atoms with E-state index in [0.717, 1.165) is 5.56 Å². The first-order valence-electron chi connectivity index (χ1n) is 2.58. The van der Waals surface area contributed by atoms with Crippen LogP contribution in [0.5, 0.6) is 0 Å². The zero-order valence-electron chi connectivity index (χ0n) is 6.30. The summed E-state index contributed by atoms with van der Waals surface area (Å²) in [5.74, 6) is 0. The summed E-state index contributed by atoms with van der Waals surface area (Å²) in [6, 6.07) is 10.6. The van der Waals surface area contributed by atoms with Gasteiger partial charge in [0, 0.05) is 0 Å². The summed E-state index contributed by atoms with van der Waals surface area (Å²) < 4.78 is 0. The molecule has 50 valence electrons. The fourth-order valence-corrected chi connectivity index (χ4v) is 0.557. The van der Waals surface area contributed by atoms with E-state index in [9.17, 15) is 0 Å². The van der Waals surface area contributed by atoms with Crippen molar-refractivity contribution in [2.45, 2.75) is 6.54 Å². The molecule has 0 aromatic heterocycles. The van der Waals surface area contributed by atoms with E-state index in [0.29, 0.717) is 6.54 Å². The summed E-state index contributed by atoms with van der Waals surface area (Å²) >= 11 is 0. The van der Waals surface area contributed by atoms with E-state index in [-0.39, 0.29) is 30.5 Å². The Morgan fingerprint density at radius 2 is 2.20 bits per heavy atom. The van der Waals surface area contributed by atoms with Crippen molar-refractivity contribution in [1.82, 2.24) is 0 Å². The van der Waals surface area contributed by atoms with Gasteiger partial charge in [0.2, 0.25) is 0 Å². The van der Waals surface area contributed by atoms with Gasteiger partial charge in [0.1, 0.15) is 0 Å². The normalized spacial score (nSPS) is 7.30. The van der Waals surface area contributed by atoms with Gasteiger partial charge < -0.3 is 13.2 Å². The third-order valence-electron chi connectivity index (χ3n) is 1.01. The van der Waals surface area contributed by atoms with Gasteiger partial charge in [-0.15, -0.1) is 5.56 Å². The fourth-order valence-electron chi connectivity index (χ4n) is 0.557. The van der Waals surface area contributed by atoms with E-state index >= 15 is 0 Å². The molecule has 2 heteroatoms. The van der Waals surface area contributed by atoms with E-state index < -0.39 is 0 Å². The maximum absolute atomic E-state index is 5.33. The van der Waals surface area contributed by atoms with E-state index in [4.69, 9.17) is 5.73 Å². The molecule has 0 saturated heterocycles. The molecule has 1 aromatic rings. The molecule has 0 atom stereocenters. The van der Waals surface area contributed by atoms with Crippen molar-refractivity contribution >= 4 is 23.1 Å². The van der Waals surface area contributed by atoms with Gasteiger partial charge in [0.15, 0.2) is 0 Å². The Balaban J connectivity index is 0. The molecule has 10 heavy (non-hydrogen) atoms. The van der Waals surface area contributed by atoms with Crippen molar-refractivity contribution < 1.29 is 0 Å². The van der Waals surface area contributed by atoms with Gasteiger partial charge in [0.25, 0.3) is 0 Å². The second-order valence-corrected chi connectivity index (χ2v) is 1.62. The van der Waals surface area contributed by atoms with Crippen molar-refractivity contribution in [2.75, 3.05) is 0 Å². The van der Waals surface area contributed by atoms with Crippen LogP contribution in [-0.2, 0) is 6.54 Å². The topological polar surface area (TPSA) is 26.0 Å². The molecular weight excluding hydrogens is 134 g/mol. The smallest absolute Gasteiger partial charge is 0.358 e. The summed E-state index contributed by atoms with van der Waals surface area (Å²) in [5, 5.41) is 0. The fraction of sp³-hybridized carbons (Fsp3) is 0.125. The van der Waals surface area contributed by atoms with Crippen LogP contribution < -0.4 is 5.73 Å². The number of hydrogen-bond acceptors (Lipinski definition) is 1. The van der Waals surface area contributed by atoms with Gasteiger partial charge in [0.05, 0.1) is 0 Å². The van der Waals surface area contributed by atoms with Crippen molar-refractivity contribution in [3.63, 3.8) is 0 Å². The average molecular weight is 145 g/mol. The Morgan fingerprint density at radius 3 is 2.50 bits per heavy atom. The molecule has 0 unspecified atom stereocenters. The first-order chi connectivity index (χ1) is 3.93. The molecule has 0 aliphatic carbocycles. The van der Waals surface area contributed by atoms with Crippen LogP contribution in [0.1, 0.15) is 5.56 Å². The van der Waals surface area contributed by atoms with Crippen molar-refractivity contribution in [2.24, 2.45) is 5.73 Å². The van der Waals surface area contributed by atoms with Crippen LogP contribution in [0.15, 0.2) is 24.3 Å². The molecular formula is C8H11MgN. The van der Waals surface area contributed by atoms with Crippen molar-refractivity contribution in [3.05, 3.63) is 43.3 Å². The maximum Gasteiger partial charge on any atom is 2.00 e. The van der Waals surface area contributed by atoms with Gasteiger partial charge in [-0.25, -0.2) is 0 Å². The molecule has 0 bridgehead atoms. The molecule has 1 nitrogen and oxygen atoms in total. The van der Waals surface area contributed by atoms with Gasteiger partial charge >= 0.3 is 23.1 Å². The Bertz CT molecular complexity index is 151. The minimum absolute atomic E-state index is 0. The van der Waals surface area contributed by atoms with Crippen LogP contribution in [0, 0.1) is 13.5 Å². The molecule has 1 aromatic carbocycles. The standard InChI is InChI=1S/C7H8N.CH3.Mg/c8-6-7-4-2-1-3-5-7;;/h1-2,4-5H,6,8H2;1H3;/q2*-1;+2. The second kappa shape index (κ2) is 7.06. The molecule has 2 N–H and O–H groups in total. The van der Waals surface area contributed by atoms with Crippen LogP contribution in [-0.4, -0.2) is 23.1 Å². The Morgan fingerprint density at radius 1 is 1.50 bits per heavy atom. The van der Waals surface area contributed by atoms with E-state index in [1.54, 1.807) is 0 Å². The SMILES string of the molecule is NCc1c[c-]ccc1.[CH3-].[Mg+2]. The molecule has 0 spiro atoms. The number of benzene rings is 1. The molecule has 0 amide bonds. The molecule has 0 heterocycles. The predicted molar refractivity (Wildman–Crippen MR) is 45.3 cm³/mol. The molecule has 1 rings (SSSR count). The zero-order chi connectivity index (χ0) is 5.82. The minimum atomic E-state index is 0.